The second kappa shape index (κ2) is 6.14. The first-order valence-electron chi connectivity index (χ1n) is 6.65. The number of hydrogen-bond acceptors (Lipinski definition) is 4. The van der Waals surface area contributed by atoms with Gasteiger partial charge in [0, 0.05) is 31.7 Å². The third-order valence-electron chi connectivity index (χ3n) is 3.38. The van der Waals surface area contributed by atoms with Crippen molar-refractivity contribution in [2.45, 2.75) is 44.9 Å². The van der Waals surface area contributed by atoms with Gasteiger partial charge in [-0.1, -0.05) is 0 Å². The van der Waals surface area contributed by atoms with E-state index < -0.39 is 5.60 Å². The minimum absolute atomic E-state index is 0.533. The van der Waals surface area contributed by atoms with Crippen LogP contribution in [0.1, 0.15) is 27.2 Å². The van der Waals surface area contributed by atoms with Crippen molar-refractivity contribution in [1.82, 2.24) is 15.1 Å². The maximum absolute atomic E-state index is 10.2. The molecule has 1 aliphatic rings. The molecule has 102 valence electrons. The summed E-state index contributed by atoms with van der Waals surface area (Å²) in [7, 11) is 3.98. The van der Waals surface area contributed by atoms with E-state index in [0.717, 1.165) is 6.54 Å². The van der Waals surface area contributed by atoms with Crippen molar-refractivity contribution in [2.24, 2.45) is 0 Å². The molecule has 4 heteroatoms. The lowest BCUT2D eigenvalue weighted by atomic mass is 10.1. The quantitative estimate of drug-likeness (QED) is 0.707. The molecule has 1 rings (SSSR count). The molecule has 0 aliphatic carbocycles. The summed E-state index contributed by atoms with van der Waals surface area (Å²) in [5, 5.41) is 13.7. The molecular formula is C13H29N3O. The minimum Gasteiger partial charge on any atom is -0.388 e. The Morgan fingerprint density at radius 3 is 2.59 bits per heavy atom. The molecule has 2 atom stereocenters. The van der Waals surface area contributed by atoms with Gasteiger partial charge in [0.1, 0.15) is 0 Å². The van der Waals surface area contributed by atoms with Gasteiger partial charge in [0.05, 0.1) is 5.60 Å². The third kappa shape index (κ3) is 5.34. The summed E-state index contributed by atoms with van der Waals surface area (Å²) in [6, 6.07) is 1.16. The average Bonchev–Trinajstić information content (AvgIpc) is 2.61. The van der Waals surface area contributed by atoms with Crippen molar-refractivity contribution in [2.75, 3.05) is 40.3 Å². The number of likely N-dealkylation sites (N-methyl/N-ethyl adjacent to an activating group) is 1. The zero-order valence-electron chi connectivity index (χ0n) is 12.0. The molecule has 2 N–H and O–H groups in total. The number of nitrogens with one attached hydrogen (secondary N) is 1. The van der Waals surface area contributed by atoms with Crippen LogP contribution in [0.4, 0.5) is 0 Å². The van der Waals surface area contributed by atoms with Crippen LogP contribution in [0.2, 0.25) is 0 Å². The van der Waals surface area contributed by atoms with Crippen LogP contribution in [0.15, 0.2) is 0 Å². The lowest BCUT2D eigenvalue weighted by Crippen LogP contribution is -2.48. The fourth-order valence-corrected chi connectivity index (χ4v) is 2.52. The highest BCUT2D eigenvalue weighted by Crippen LogP contribution is 2.13. The van der Waals surface area contributed by atoms with Crippen LogP contribution in [-0.2, 0) is 0 Å². The van der Waals surface area contributed by atoms with E-state index in [9.17, 15) is 5.11 Å². The smallest absolute Gasteiger partial charge is 0.0869 e. The van der Waals surface area contributed by atoms with E-state index in [2.05, 4.69) is 24.1 Å². The molecule has 1 heterocycles. The Bertz CT molecular complexity index is 229. The molecule has 1 aliphatic heterocycles. The zero-order valence-corrected chi connectivity index (χ0v) is 12.0. The van der Waals surface area contributed by atoms with Crippen molar-refractivity contribution in [3.8, 4) is 0 Å². The Labute approximate surface area is 106 Å². The number of nitrogens with zero attached hydrogens (tertiary/aromatic N) is 2. The SMILES string of the molecule is CC(C)N1CCC(NCC(C)(O)CN(C)C)C1. The van der Waals surface area contributed by atoms with Crippen LogP contribution >= 0.6 is 0 Å². The van der Waals surface area contributed by atoms with Crippen molar-refractivity contribution in [3.05, 3.63) is 0 Å². The summed E-state index contributed by atoms with van der Waals surface area (Å²) in [6.07, 6.45) is 1.19. The number of hydrogen-bond donors (Lipinski definition) is 2. The summed E-state index contributed by atoms with van der Waals surface area (Å²) in [5.41, 5.74) is -0.644. The van der Waals surface area contributed by atoms with Crippen LogP contribution in [0.3, 0.4) is 0 Å². The lowest BCUT2D eigenvalue weighted by molar-refractivity contribution is 0.0315. The van der Waals surface area contributed by atoms with E-state index >= 15 is 0 Å². The number of rotatable bonds is 6. The molecule has 1 saturated heterocycles. The van der Waals surface area contributed by atoms with Gasteiger partial charge in [-0.3, -0.25) is 4.90 Å². The molecule has 0 spiro atoms. The van der Waals surface area contributed by atoms with Gasteiger partial charge in [-0.05, 0) is 47.8 Å². The van der Waals surface area contributed by atoms with Crippen LogP contribution in [0.25, 0.3) is 0 Å². The largest absolute Gasteiger partial charge is 0.388 e. The van der Waals surface area contributed by atoms with E-state index in [0.29, 0.717) is 25.2 Å². The predicted octanol–water partition coefficient (Wildman–Crippen LogP) is 0.371. The molecule has 0 aromatic rings. The van der Waals surface area contributed by atoms with E-state index in [1.165, 1.54) is 13.0 Å². The molecule has 0 radical (unpaired) electrons. The second-order valence-corrected chi connectivity index (χ2v) is 6.19. The highest BCUT2D eigenvalue weighted by molar-refractivity contribution is 4.86. The molecule has 4 nitrogen and oxygen atoms in total. The van der Waals surface area contributed by atoms with Crippen molar-refractivity contribution in [1.29, 1.82) is 0 Å². The van der Waals surface area contributed by atoms with Crippen LogP contribution in [0, 0.1) is 0 Å². The van der Waals surface area contributed by atoms with Gasteiger partial charge in [-0.15, -0.1) is 0 Å². The molecule has 0 aromatic heterocycles. The van der Waals surface area contributed by atoms with Crippen LogP contribution in [-0.4, -0.2) is 72.9 Å². The molecular weight excluding hydrogens is 214 g/mol. The van der Waals surface area contributed by atoms with E-state index in [1.54, 1.807) is 0 Å². The minimum atomic E-state index is -0.644. The fraction of sp³-hybridized carbons (Fsp3) is 1.00. The molecule has 0 amide bonds. The topological polar surface area (TPSA) is 38.7 Å². The maximum atomic E-state index is 10.2. The highest BCUT2D eigenvalue weighted by atomic mass is 16.3. The standard InChI is InChI=1S/C13H29N3O/c1-11(2)16-7-6-12(8-16)14-9-13(3,17)10-15(4)5/h11-12,14,17H,6-10H2,1-5H3. The molecule has 0 aromatic carbocycles. The first kappa shape index (κ1) is 14.9. The molecule has 17 heavy (non-hydrogen) atoms. The number of likely N-dealkylation sites (tertiary alicyclic amines) is 1. The van der Waals surface area contributed by atoms with Gasteiger partial charge >= 0.3 is 0 Å². The van der Waals surface area contributed by atoms with E-state index in [4.69, 9.17) is 0 Å². The second-order valence-electron chi connectivity index (χ2n) is 6.19. The van der Waals surface area contributed by atoms with Crippen LogP contribution in [0.5, 0.6) is 0 Å². The summed E-state index contributed by atoms with van der Waals surface area (Å²) < 4.78 is 0. The Balaban J connectivity index is 2.27. The van der Waals surface area contributed by atoms with Gasteiger partial charge in [0.25, 0.3) is 0 Å². The first-order valence-corrected chi connectivity index (χ1v) is 6.65. The summed E-state index contributed by atoms with van der Waals surface area (Å²) >= 11 is 0. The van der Waals surface area contributed by atoms with Gasteiger partial charge < -0.3 is 15.3 Å². The first-order chi connectivity index (χ1) is 7.80. The lowest BCUT2D eigenvalue weighted by Gasteiger charge is -2.29. The van der Waals surface area contributed by atoms with E-state index in [-0.39, 0.29) is 0 Å². The zero-order chi connectivity index (χ0) is 13.1. The average molecular weight is 243 g/mol. The summed E-state index contributed by atoms with van der Waals surface area (Å²) in [4.78, 5) is 4.51. The van der Waals surface area contributed by atoms with Gasteiger partial charge in [-0.2, -0.15) is 0 Å². The highest BCUT2D eigenvalue weighted by Gasteiger charge is 2.27. The van der Waals surface area contributed by atoms with Crippen molar-refractivity contribution >= 4 is 0 Å². The van der Waals surface area contributed by atoms with E-state index in [1.807, 2.05) is 25.9 Å². The number of aliphatic hydroxyl groups is 1. The summed E-state index contributed by atoms with van der Waals surface area (Å²) in [6.45, 7) is 10.0. The van der Waals surface area contributed by atoms with Gasteiger partial charge in [0.2, 0.25) is 0 Å². The Morgan fingerprint density at radius 2 is 2.12 bits per heavy atom. The maximum Gasteiger partial charge on any atom is 0.0869 e. The normalized spacial score (nSPS) is 25.8. The molecule has 0 saturated carbocycles. The van der Waals surface area contributed by atoms with Gasteiger partial charge in [-0.25, -0.2) is 0 Å². The van der Waals surface area contributed by atoms with Crippen LogP contribution < -0.4 is 5.32 Å². The Kier molecular flexibility index (Phi) is 5.38. The van der Waals surface area contributed by atoms with Crippen molar-refractivity contribution in [3.63, 3.8) is 0 Å². The van der Waals surface area contributed by atoms with Crippen molar-refractivity contribution < 1.29 is 5.11 Å². The molecule has 1 fully saturated rings. The Morgan fingerprint density at radius 1 is 1.47 bits per heavy atom. The predicted molar refractivity (Wildman–Crippen MR) is 72.3 cm³/mol. The third-order valence-corrected chi connectivity index (χ3v) is 3.38. The van der Waals surface area contributed by atoms with Gasteiger partial charge in [0.15, 0.2) is 0 Å². The monoisotopic (exact) mass is 243 g/mol. The molecule has 0 bridgehead atoms. The molecule has 2 unspecified atom stereocenters. The summed E-state index contributed by atoms with van der Waals surface area (Å²) in [5.74, 6) is 0. The fourth-order valence-electron chi connectivity index (χ4n) is 2.52. The Hall–Kier alpha value is -0.160.